The molecule has 1 rings (SSSR count). The molecule has 1 unspecified atom stereocenters. The van der Waals surface area contributed by atoms with Crippen LogP contribution in [0.5, 0.6) is 0 Å². The van der Waals surface area contributed by atoms with E-state index in [9.17, 15) is 9.46 Å². The first-order chi connectivity index (χ1) is 6.31. The summed E-state index contributed by atoms with van der Waals surface area (Å²) < 4.78 is 16.7. The van der Waals surface area contributed by atoms with Gasteiger partial charge in [-0.2, -0.15) is 0 Å². The molecule has 1 aromatic carbocycles. The molecule has 14 heavy (non-hydrogen) atoms. The lowest BCUT2D eigenvalue weighted by Gasteiger charge is -2.31. The van der Waals surface area contributed by atoms with Gasteiger partial charge >= 0.3 is 0 Å². The number of rotatable bonds is 2. The molecule has 0 aliphatic carbocycles. The Kier molecular flexibility index (Phi) is 3.15. The third-order valence-corrected chi connectivity index (χ3v) is 3.19. The fraction of sp³-hybridized carbons (Fsp3) is 0.400. The molecule has 3 nitrogen and oxygen atoms in total. The van der Waals surface area contributed by atoms with Crippen LogP contribution in [-0.4, -0.2) is 5.60 Å². The summed E-state index contributed by atoms with van der Waals surface area (Å²) >= 11 is 0. The summed E-state index contributed by atoms with van der Waals surface area (Å²) in [5.74, 6) is 0. The summed E-state index contributed by atoms with van der Waals surface area (Å²) in [5, 5.41) is 0.218. The monoisotopic (exact) mass is 213 g/mol. The molecule has 0 aliphatic heterocycles. The summed E-state index contributed by atoms with van der Waals surface area (Å²) in [5.41, 5.74) is -0.687. The van der Waals surface area contributed by atoms with Crippen molar-refractivity contribution in [1.82, 2.24) is 0 Å². The second kappa shape index (κ2) is 3.85. The molecule has 4 heteroatoms. The summed E-state index contributed by atoms with van der Waals surface area (Å²) in [6.07, 6.45) is 0. The minimum atomic E-state index is -3.92. The first-order valence-electron chi connectivity index (χ1n) is 4.39. The minimum absolute atomic E-state index is 0.218. The average molecular weight is 213 g/mol. The first-order valence-corrected chi connectivity index (χ1v) is 5.93. The van der Waals surface area contributed by atoms with Crippen molar-refractivity contribution in [3.8, 4) is 0 Å². The van der Waals surface area contributed by atoms with E-state index >= 15 is 0 Å². The quantitative estimate of drug-likeness (QED) is 0.702. The molecule has 0 aromatic heterocycles. The van der Waals surface area contributed by atoms with Crippen molar-refractivity contribution in [1.29, 1.82) is 0 Å². The summed E-state index contributed by atoms with van der Waals surface area (Å²) in [6.45, 7) is 5.13. The van der Waals surface area contributed by atoms with Gasteiger partial charge in [-0.05, 0) is 20.8 Å². The van der Waals surface area contributed by atoms with Crippen LogP contribution in [0.25, 0.3) is 0 Å². The third kappa shape index (κ3) is 3.26. The molecule has 0 saturated heterocycles. The summed E-state index contributed by atoms with van der Waals surface area (Å²) in [7, 11) is -3.92. The van der Waals surface area contributed by atoms with Crippen LogP contribution in [0.4, 0.5) is 0 Å². The van der Waals surface area contributed by atoms with Gasteiger partial charge in [0.15, 0.2) is 7.60 Å². The van der Waals surface area contributed by atoms with E-state index in [0.717, 1.165) is 0 Å². The number of hydrogen-bond acceptors (Lipinski definition) is 3. The second-order valence-corrected chi connectivity index (χ2v) is 5.73. The predicted octanol–water partition coefficient (Wildman–Crippen LogP) is 1.68. The summed E-state index contributed by atoms with van der Waals surface area (Å²) in [4.78, 5) is 11.7. The molecule has 0 bridgehead atoms. The van der Waals surface area contributed by atoms with Gasteiger partial charge in [0, 0.05) is 5.30 Å². The van der Waals surface area contributed by atoms with E-state index in [-0.39, 0.29) is 5.30 Å². The van der Waals surface area contributed by atoms with Gasteiger partial charge in [0.2, 0.25) is 0 Å². The molecule has 0 fully saturated rings. The highest BCUT2D eigenvalue weighted by Gasteiger charge is 2.20. The van der Waals surface area contributed by atoms with Gasteiger partial charge in [-0.25, -0.2) is 0 Å². The maximum atomic E-state index is 11.7. The van der Waals surface area contributed by atoms with E-state index < -0.39 is 13.2 Å². The Morgan fingerprint density at radius 3 is 2.14 bits per heavy atom. The van der Waals surface area contributed by atoms with Crippen molar-refractivity contribution in [2.75, 3.05) is 0 Å². The molecule has 0 radical (unpaired) electrons. The lowest BCUT2D eigenvalue weighted by molar-refractivity contribution is -0.201. The molecule has 0 amide bonds. The van der Waals surface area contributed by atoms with Crippen LogP contribution in [0.15, 0.2) is 30.3 Å². The van der Waals surface area contributed by atoms with E-state index in [1.54, 1.807) is 39.0 Å². The Bertz CT molecular complexity index is 340. The van der Waals surface area contributed by atoms with Crippen LogP contribution < -0.4 is 10.2 Å². The van der Waals surface area contributed by atoms with E-state index in [2.05, 4.69) is 0 Å². The van der Waals surface area contributed by atoms with E-state index in [4.69, 9.17) is 4.52 Å². The Morgan fingerprint density at radius 1 is 1.21 bits per heavy atom. The molecule has 0 saturated carbocycles. The topological polar surface area (TPSA) is 49.4 Å². The van der Waals surface area contributed by atoms with Gasteiger partial charge in [0.1, 0.15) is 0 Å². The summed E-state index contributed by atoms with van der Waals surface area (Å²) in [6, 6.07) is 8.16. The standard InChI is InChI=1S/C10H15O3P/c1-10(2,3)13-14(11,12)9-7-5-4-6-8-9/h4-8H,1-3H3,(H,11,12)/p-1. The number of benzene rings is 1. The molecule has 0 heterocycles. The molecule has 78 valence electrons. The molecule has 1 atom stereocenters. The van der Waals surface area contributed by atoms with Crippen LogP contribution in [-0.2, 0) is 9.09 Å². The zero-order valence-electron chi connectivity index (χ0n) is 8.56. The van der Waals surface area contributed by atoms with E-state index in [0.29, 0.717) is 0 Å². The van der Waals surface area contributed by atoms with Crippen LogP contribution in [0, 0.1) is 0 Å². The fourth-order valence-corrected chi connectivity index (χ4v) is 2.39. The van der Waals surface area contributed by atoms with Crippen molar-refractivity contribution in [3.05, 3.63) is 30.3 Å². The van der Waals surface area contributed by atoms with E-state index in [1.807, 2.05) is 0 Å². The normalized spacial score (nSPS) is 16.3. The van der Waals surface area contributed by atoms with Crippen molar-refractivity contribution in [2.45, 2.75) is 26.4 Å². The molecule has 1 aromatic rings. The Morgan fingerprint density at radius 2 is 1.71 bits per heavy atom. The van der Waals surface area contributed by atoms with Gasteiger partial charge in [-0.15, -0.1) is 0 Å². The zero-order chi connectivity index (χ0) is 10.8. The van der Waals surface area contributed by atoms with E-state index in [1.165, 1.54) is 12.1 Å². The highest BCUT2D eigenvalue weighted by Crippen LogP contribution is 2.40. The highest BCUT2D eigenvalue weighted by molar-refractivity contribution is 7.59. The van der Waals surface area contributed by atoms with Gasteiger partial charge in [0.05, 0.1) is 5.60 Å². The van der Waals surface area contributed by atoms with Gasteiger partial charge < -0.3 is 14.0 Å². The average Bonchev–Trinajstić information content (AvgIpc) is 2.01. The zero-order valence-corrected chi connectivity index (χ0v) is 9.45. The maximum Gasteiger partial charge on any atom is 0.165 e. The van der Waals surface area contributed by atoms with Gasteiger partial charge in [-0.3, -0.25) is 0 Å². The smallest absolute Gasteiger partial charge is 0.165 e. The SMILES string of the molecule is CC(C)(C)OP(=O)([O-])c1ccccc1. The largest absolute Gasteiger partial charge is 0.775 e. The van der Waals surface area contributed by atoms with Gasteiger partial charge in [0.25, 0.3) is 0 Å². The fourth-order valence-electron chi connectivity index (χ4n) is 1.02. The van der Waals surface area contributed by atoms with Gasteiger partial charge in [-0.1, -0.05) is 30.3 Å². The Balaban J connectivity index is 2.93. The van der Waals surface area contributed by atoms with Crippen LogP contribution in [0.3, 0.4) is 0 Å². The van der Waals surface area contributed by atoms with Crippen molar-refractivity contribution in [3.63, 3.8) is 0 Å². The van der Waals surface area contributed by atoms with Crippen molar-refractivity contribution < 1.29 is 14.0 Å². The molecule has 0 N–H and O–H groups in total. The molecule has 0 spiro atoms. The number of hydrogen-bond donors (Lipinski definition) is 0. The first kappa shape index (κ1) is 11.4. The van der Waals surface area contributed by atoms with Crippen molar-refractivity contribution in [2.24, 2.45) is 0 Å². The molecule has 0 aliphatic rings. The predicted molar refractivity (Wildman–Crippen MR) is 54.5 cm³/mol. The van der Waals surface area contributed by atoms with Crippen LogP contribution in [0.1, 0.15) is 20.8 Å². The Hall–Kier alpha value is -0.630. The van der Waals surface area contributed by atoms with Crippen LogP contribution >= 0.6 is 7.60 Å². The molecular formula is C10H14O3P-. The lowest BCUT2D eigenvalue weighted by Crippen LogP contribution is -2.26. The minimum Gasteiger partial charge on any atom is -0.775 e. The van der Waals surface area contributed by atoms with Crippen molar-refractivity contribution >= 4 is 12.9 Å². The third-order valence-electron chi connectivity index (χ3n) is 1.47. The second-order valence-electron chi connectivity index (χ2n) is 4.04. The van der Waals surface area contributed by atoms with Crippen LogP contribution in [0.2, 0.25) is 0 Å². The highest BCUT2D eigenvalue weighted by atomic mass is 31.2. The lowest BCUT2D eigenvalue weighted by atomic mass is 10.2. The Labute approximate surface area is 84.3 Å². The maximum absolute atomic E-state index is 11.7. The molecular weight excluding hydrogens is 199 g/mol.